The molecule has 0 aromatic heterocycles. The van der Waals surface area contributed by atoms with E-state index in [-0.39, 0.29) is 5.75 Å². The lowest BCUT2D eigenvalue weighted by Crippen LogP contribution is -2.15. The fourth-order valence-corrected chi connectivity index (χ4v) is 1.85. The highest BCUT2D eigenvalue weighted by Crippen LogP contribution is 2.32. The van der Waals surface area contributed by atoms with Gasteiger partial charge in [0.05, 0.1) is 11.1 Å². The van der Waals surface area contributed by atoms with Crippen LogP contribution in [0.1, 0.15) is 27.0 Å². The Balaban J connectivity index is 2.32. The van der Waals surface area contributed by atoms with Crippen LogP contribution in [-0.4, -0.2) is 5.97 Å². The molecule has 0 heterocycles. The van der Waals surface area contributed by atoms with Gasteiger partial charge in [-0.05, 0) is 49.2 Å². The number of aryl methyl sites for hydroxylation is 2. The normalized spacial score (nSPS) is 11.4. The Bertz CT molecular complexity index is 721. The SMILES string of the molecule is Cc1ccc(OC(=O)c2cccc(C(F)(F)F)c2F)cc1C. The Morgan fingerprint density at radius 3 is 2.32 bits per heavy atom. The number of rotatable bonds is 2. The Hall–Kier alpha value is -2.37. The highest BCUT2D eigenvalue weighted by atomic mass is 19.4. The number of carbonyl (C=O) groups excluding carboxylic acids is 1. The van der Waals surface area contributed by atoms with Crippen molar-refractivity contribution in [3.63, 3.8) is 0 Å². The molecule has 2 nitrogen and oxygen atoms in total. The van der Waals surface area contributed by atoms with Crippen LogP contribution in [0.2, 0.25) is 0 Å². The molecule has 0 saturated heterocycles. The minimum atomic E-state index is -4.87. The zero-order valence-corrected chi connectivity index (χ0v) is 11.8. The van der Waals surface area contributed by atoms with Crippen molar-refractivity contribution in [3.8, 4) is 5.75 Å². The van der Waals surface area contributed by atoms with E-state index in [0.717, 1.165) is 23.3 Å². The van der Waals surface area contributed by atoms with Gasteiger partial charge in [-0.2, -0.15) is 13.2 Å². The van der Waals surface area contributed by atoms with E-state index in [9.17, 15) is 22.4 Å². The lowest BCUT2D eigenvalue weighted by Gasteiger charge is -2.11. The first kappa shape index (κ1) is 16.0. The molecule has 0 radical (unpaired) electrons. The van der Waals surface area contributed by atoms with E-state index in [1.165, 1.54) is 6.07 Å². The molecule has 0 amide bonds. The number of benzene rings is 2. The average Bonchev–Trinajstić information content (AvgIpc) is 2.41. The van der Waals surface area contributed by atoms with Gasteiger partial charge < -0.3 is 4.74 Å². The minimum Gasteiger partial charge on any atom is -0.423 e. The molecular formula is C16H12F4O2. The molecule has 0 aliphatic rings. The second kappa shape index (κ2) is 5.79. The summed E-state index contributed by atoms with van der Waals surface area (Å²) < 4.78 is 56.7. The van der Waals surface area contributed by atoms with Crippen molar-refractivity contribution >= 4 is 5.97 Å². The fourth-order valence-electron chi connectivity index (χ4n) is 1.85. The molecule has 0 spiro atoms. The monoisotopic (exact) mass is 312 g/mol. The molecule has 0 aliphatic heterocycles. The quantitative estimate of drug-likeness (QED) is 0.457. The highest BCUT2D eigenvalue weighted by Gasteiger charge is 2.36. The van der Waals surface area contributed by atoms with Gasteiger partial charge in [0.2, 0.25) is 0 Å². The average molecular weight is 312 g/mol. The summed E-state index contributed by atoms with van der Waals surface area (Å²) in [7, 11) is 0. The van der Waals surface area contributed by atoms with Gasteiger partial charge in [0.1, 0.15) is 11.6 Å². The Kier molecular flexibility index (Phi) is 4.21. The standard InChI is InChI=1S/C16H12F4O2/c1-9-6-7-11(8-10(9)2)22-15(21)12-4-3-5-13(14(12)17)16(18,19)20/h3-8H,1-2H3. The summed E-state index contributed by atoms with van der Waals surface area (Å²) in [5.74, 6) is -2.67. The maximum atomic E-state index is 13.8. The molecule has 0 saturated carbocycles. The van der Waals surface area contributed by atoms with Crippen LogP contribution in [0.15, 0.2) is 36.4 Å². The number of halogens is 4. The highest BCUT2D eigenvalue weighted by molar-refractivity contribution is 5.91. The number of alkyl halides is 3. The first-order valence-corrected chi connectivity index (χ1v) is 6.35. The summed E-state index contributed by atoms with van der Waals surface area (Å²) >= 11 is 0. The van der Waals surface area contributed by atoms with Gasteiger partial charge in [0, 0.05) is 0 Å². The van der Waals surface area contributed by atoms with Crippen LogP contribution in [0, 0.1) is 19.7 Å². The summed E-state index contributed by atoms with van der Waals surface area (Å²) in [6.45, 7) is 3.64. The van der Waals surface area contributed by atoms with Crippen LogP contribution in [0.5, 0.6) is 5.75 Å². The van der Waals surface area contributed by atoms with Crippen molar-refractivity contribution in [1.82, 2.24) is 0 Å². The zero-order chi connectivity index (χ0) is 16.5. The lowest BCUT2D eigenvalue weighted by atomic mass is 10.1. The topological polar surface area (TPSA) is 26.3 Å². The van der Waals surface area contributed by atoms with E-state index in [0.29, 0.717) is 6.07 Å². The predicted octanol–water partition coefficient (Wildman–Crippen LogP) is 4.68. The van der Waals surface area contributed by atoms with Crippen molar-refractivity contribution in [2.24, 2.45) is 0 Å². The van der Waals surface area contributed by atoms with Gasteiger partial charge in [-0.15, -0.1) is 0 Å². The van der Waals surface area contributed by atoms with Crippen LogP contribution in [0.25, 0.3) is 0 Å². The molecule has 0 fully saturated rings. The van der Waals surface area contributed by atoms with Crippen molar-refractivity contribution in [3.05, 3.63) is 64.5 Å². The molecule has 22 heavy (non-hydrogen) atoms. The third-order valence-corrected chi connectivity index (χ3v) is 3.21. The number of hydrogen-bond donors (Lipinski definition) is 0. The van der Waals surface area contributed by atoms with Gasteiger partial charge in [0.15, 0.2) is 0 Å². The molecule has 2 aromatic carbocycles. The molecule has 0 aliphatic carbocycles. The Morgan fingerprint density at radius 2 is 1.73 bits per heavy atom. The van der Waals surface area contributed by atoms with E-state index < -0.39 is 29.1 Å². The molecule has 2 aromatic rings. The van der Waals surface area contributed by atoms with Gasteiger partial charge in [0.25, 0.3) is 0 Å². The number of carbonyl (C=O) groups is 1. The number of hydrogen-bond acceptors (Lipinski definition) is 2. The summed E-state index contributed by atoms with van der Waals surface area (Å²) in [4.78, 5) is 11.9. The van der Waals surface area contributed by atoms with Crippen molar-refractivity contribution < 1.29 is 27.1 Å². The van der Waals surface area contributed by atoms with Crippen LogP contribution in [-0.2, 0) is 6.18 Å². The van der Waals surface area contributed by atoms with Crippen LogP contribution < -0.4 is 4.74 Å². The maximum absolute atomic E-state index is 13.8. The molecule has 2 rings (SSSR count). The van der Waals surface area contributed by atoms with E-state index >= 15 is 0 Å². The first-order valence-electron chi connectivity index (χ1n) is 6.35. The van der Waals surface area contributed by atoms with Crippen LogP contribution >= 0.6 is 0 Å². The van der Waals surface area contributed by atoms with Crippen molar-refractivity contribution in [2.45, 2.75) is 20.0 Å². The molecule has 116 valence electrons. The van der Waals surface area contributed by atoms with Gasteiger partial charge in [-0.3, -0.25) is 0 Å². The minimum absolute atomic E-state index is 0.143. The third-order valence-electron chi connectivity index (χ3n) is 3.21. The van der Waals surface area contributed by atoms with E-state index in [2.05, 4.69) is 0 Å². The summed E-state index contributed by atoms with van der Waals surface area (Å²) in [6, 6.07) is 7.23. The second-order valence-electron chi connectivity index (χ2n) is 4.80. The van der Waals surface area contributed by atoms with Crippen LogP contribution in [0.4, 0.5) is 17.6 Å². The van der Waals surface area contributed by atoms with Gasteiger partial charge in [-0.25, -0.2) is 9.18 Å². The molecular weight excluding hydrogens is 300 g/mol. The number of ether oxygens (including phenoxy) is 1. The Morgan fingerprint density at radius 1 is 1.05 bits per heavy atom. The molecule has 0 bridgehead atoms. The van der Waals surface area contributed by atoms with Gasteiger partial charge >= 0.3 is 12.1 Å². The summed E-state index contributed by atoms with van der Waals surface area (Å²) in [6.07, 6.45) is -4.87. The predicted molar refractivity (Wildman–Crippen MR) is 72.3 cm³/mol. The molecule has 0 unspecified atom stereocenters. The van der Waals surface area contributed by atoms with E-state index in [4.69, 9.17) is 4.74 Å². The second-order valence-corrected chi connectivity index (χ2v) is 4.80. The Labute approximate surface area is 124 Å². The zero-order valence-electron chi connectivity index (χ0n) is 11.8. The van der Waals surface area contributed by atoms with Crippen molar-refractivity contribution in [2.75, 3.05) is 0 Å². The smallest absolute Gasteiger partial charge is 0.419 e. The van der Waals surface area contributed by atoms with Crippen molar-refractivity contribution in [1.29, 1.82) is 0 Å². The van der Waals surface area contributed by atoms with E-state index in [1.807, 2.05) is 6.92 Å². The number of esters is 1. The molecule has 6 heteroatoms. The summed E-state index contributed by atoms with van der Waals surface area (Å²) in [5.41, 5.74) is -0.449. The fraction of sp³-hybridized carbons (Fsp3) is 0.188. The van der Waals surface area contributed by atoms with Crippen LogP contribution in [0.3, 0.4) is 0 Å². The third kappa shape index (κ3) is 3.27. The summed E-state index contributed by atoms with van der Waals surface area (Å²) in [5, 5.41) is 0. The molecule has 0 atom stereocenters. The first-order chi connectivity index (χ1) is 10.2. The van der Waals surface area contributed by atoms with E-state index in [1.54, 1.807) is 19.1 Å². The largest absolute Gasteiger partial charge is 0.423 e. The lowest BCUT2D eigenvalue weighted by molar-refractivity contribution is -0.140. The molecule has 0 N–H and O–H groups in total. The maximum Gasteiger partial charge on any atom is 0.419 e. The van der Waals surface area contributed by atoms with Gasteiger partial charge in [-0.1, -0.05) is 12.1 Å².